The van der Waals surface area contributed by atoms with Crippen LogP contribution < -0.4 is 5.32 Å². The van der Waals surface area contributed by atoms with E-state index >= 15 is 0 Å². The molecule has 2 aromatic carbocycles. The molecule has 3 nitrogen and oxygen atoms in total. The summed E-state index contributed by atoms with van der Waals surface area (Å²) in [6.45, 7) is 4.05. The number of hydrogen-bond acceptors (Lipinski definition) is 1. The molecule has 3 rings (SSSR count). The number of aromatic nitrogens is 1. The van der Waals surface area contributed by atoms with Crippen molar-refractivity contribution >= 4 is 16.8 Å². The molecule has 0 saturated heterocycles. The standard InChI is InChI=1S/C18H18N2O/c1-12-6-8-14(9-7-12)13(2)20-18(21)16-5-3-4-15-10-11-19-17(15)16/h3-11,13,19H,1-2H3,(H,20,21). The molecule has 0 saturated carbocycles. The van der Waals surface area contributed by atoms with Gasteiger partial charge in [-0.25, -0.2) is 0 Å². The highest BCUT2D eigenvalue weighted by atomic mass is 16.1. The highest BCUT2D eigenvalue weighted by Gasteiger charge is 2.14. The van der Waals surface area contributed by atoms with E-state index in [4.69, 9.17) is 0 Å². The summed E-state index contributed by atoms with van der Waals surface area (Å²) in [5.74, 6) is -0.0591. The molecule has 1 amide bonds. The Balaban J connectivity index is 1.83. The van der Waals surface area contributed by atoms with E-state index in [-0.39, 0.29) is 11.9 Å². The maximum atomic E-state index is 12.5. The average molecular weight is 278 g/mol. The molecule has 1 aromatic heterocycles. The molecule has 3 aromatic rings. The number of fused-ring (bicyclic) bond motifs is 1. The Morgan fingerprint density at radius 3 is 2.62 bits per heavy atom. The van der Waals surface area contributed by atoms with Crippen molar-refractivity contribution < 1.29 is 4.79 Å². The van der Waals surface area contributed by atoms with Crippen LogP contribution in [-0.4, -0.2) is 10.9 Å². The third-order valence-electron chi connectivity index (χ3n) is 3.76. The average Bonchev–Trinajstić information content (AvgIpc) is 2.96. The minimum atomic E-state index is -0.0591. The molecule has 0 aliphatic carbocycles. The van der Waals surface area contributed by atoms with Crippen molar-refractivity contribution in [1.29, 1.82) is 0 Å². The summed E-state index contributed by atoms with van der Waals surface area (Å²) in [5, 5.41) is 4.10. The van der Waals surface area contributed by atoms with Gasteiger partial charge >= 0.3 is 0 Å². The first-order valence-corrected chi connectivity index (χ1v) is 7.08. The summed E-state index contributed by atoms with van der Waals surface area (Å²) in [5.41, 5.74) is 3.88. The predicted octanol–water partition coefficient (Wildman–Crippen LogP) is 3.97. The van der Waals surface area contributed by atoms with Gasteiger partial charge in [-0.05, 0) is 31.5 Å². The van der Waals surface area contributed by atoms with Gasteiger partial charge in [-0.3, -0.25) is 4.79 Å². The number of amides is 1. The van der Waals surface area contributed by atoms with Gasteiger partial charge in [0.1, 0.15) is 0 Å². The second kappa shape index (κ2) is 5.44. The van der Waals surface area contributed by atoms with Gasteiger partial charge in [0.05, 0.1) is 17.1 Å². The molecule has 106 valence electrons. The fourth-order valence-corrected chi connectivity index (χ4v) is 2.49. The number of carbonyl (C=O) groups excluding carboxylic acids is 1. The van der Waals surface area contributed by atoms with Crippen molar-refractivity contribution in [1.82, 2.24) is 10.3 Å². The summed E-state index contributed by atoms with van der Waals surface area (Å²) in [7, 11) is 0. The number of aryl methyl sites for hydroxylation is 1. The lowest BCUT2D eigenvalue weighted by atomic mass is 10.1. The maximum Gasteiger partial charge on any atom is 0.253 e. The first kappa shape index (κ1) is 13.4. The molecule has 0 bridgehead atoms. The first-order valence-electron chi connectivity index (χ1n) is 7.08. The Kier molecular flexibility index (Phi) is 3.48. The Morgan fingerprint density at radius 2 is 1.86 bits per heavy atom. The number of nitrogens with one attached hydrogen (secondary N) is 2. The van der Waals surface area contributed by atoms with Crippen molar-refractivity contribution in [3.05, 3.63) is 71.4 Å². The van der Waals surface area contributed by atoms with Gasteiger partial charge in [-0.1, -0.05) is 42.0 Å². The minimum Gasteiger partial charge on any atom is -0.361 e. The lowest BCUT2D eigenvalue weighted by Crippen LogP contribution is -2.26. The van der Waals surface area contributed by atoms with Gasteiger partial charge in [0.25, 0.3) is 5.91 Å². The van der Waals surface area contributed by atoms with Crippen LogP contribution in [0.15, 0.2) is 54.7 Å². The van der Waals surface area contributed by atoms with Crippen molar-refractivity contribution in [3.8, 4) is 0 Å². The normalized spacial score (nSPS) is 12.3. The smallest absolute Gasteiger partial charge is 0.253 e. The van der Waals surface area contributed by atoms with E-state index in [0.717, 1.165) is 16.5 Å². The third-order valence-corrected chi connectivity index (χ3v) is 3.76. The van der Waals surface area contributed by atoms with Gasteiger partial charge in [0, 0.05) is 11.6 Å². The number of para-hydroxylation sites is 1. The highest BCUT2D eigenvalue weighted by molar-refractivity contribution is 6.05. The van der Waals surface area contributed by atoms with Crippen molar-refractivity contribution in [2.24, 2.45) is 0 Å². The Labute approximate surface area is 124 Å². The van der Waals surface area contributed by atoms with Crippen molar-refractivity contribution in [3.63, 3.8) is 0 Å². The second-order valence-electron chi connectivity index (χ2n) is 5.35. The fourth-order valence-electron chi connectivity index (χ4n) is 2.49. The van der Waals surface area contributed by atoms with Gasteiger partial charge in [-0.15, -0.1) is 0 Å². The van der Waals surface area contributed by atoms with Gasteiger partial charge < -0.3 is 10.3 Å². The van der Waals surface area contributed by atoms with Crippen LogP contribution in [-0.2, 0) is 0 Å². The topological polar surface area (TPSA) is 44.9 Å². The molecule has 0 aliphatic rings. The molecule has 2 N–H and O–H groups in total. The van der Waals surface area contributed by atoms with E-state index in [2.05, 4.69) is 41.5 Å². The largest absolute Gasteiger partial charge is 0.361 e. The van der Waals surface area contributed by atoms with Crippen LogP contribution in [0.25, 0.3) is 10.9 Å². The summed E-state index contributed by atoms with van der Waals surface area (Å²) >= 11 is 0. The number of H-pyrrole nitrogens is 1. The SMILES string of the molecule is Cc1ccc(C(C)NC(=O)c2cccc3cc[nH]c23)cc1. The lowest BCUT2D eigenvalue weighted by molar-refractivity contribution is 0.0941. The minimum absolute atomic E-state index is 0.0247. The Hall–Kier alpha value is -2.55. The van der Waals surface area contributed by atoms with Crippen molar-refractivity contribution in [2.75, 3.05) is 0 Å². The second-order valence-corrected chi connectivity index (χ2v) is 5.35. The van der Waals surface area contributed by atoms with Gasteiger partial charge in [0.15, 0.2) is 0 Å². The van der Waals surface area contributed by atoms with E-state index < -0.39 is 0 Å². The lowest BCUT2D eigenvalue weighted by Gasteiger charge is -2.15. The first-order chi connectivity index (χ1) is 10.1. The molecule has 1 atom stereocenters. The zero-order chi connectivity index (χ0) is 14.8. The summed E-state index contributed by atoms with van der Waals surface area (Å²) in [6.07, 6.45) is 1.85. The zero-order valence-corrected chi connectivity index (χ0v) is 12.2. The van der Waals surface area contributed by atoms with Crippen LogP contribution >= 0.6 is 0 Å². The van der Waals surface area contributed by atoms with Crippen LogP contribution in [0.1, 0.15) is 34.5 Å². The van der Waals surface area contributed by atoms with E-state index in [1.165, 1.54) is 5.56 Å². The van der Waals surface area contributed by atoms with Crippen LogP contribution in [0.2, 0.25) is 0 Å². The van der Waals surface area contributed by atoms with Gasteiger partial charge in [-0.2, -0.15) is 0 Å². The number of hydrogen-bond donors (Lipinski definition) is 2. The quantitative estimate of drug-likeness (QED) is 0.748. The number of rotatable bonds is 3. The predicted molar refractivity (Wildman–Crippen MR) is 85.4 cm³/mol. The van der Waals surface area contributed by atoms with Crippen LogP contribution in [0, 0.1) is 6.92 Å². The molecule has 21 heavy (non-hydrogen) atoms. The molecule has 0 spiro atoms. The molecule has 0 radical (unpaired) electrons. The van der Waals surface area contributed by atoms with Crippen LogP contribution in [0.3, 0.4) is 0 Å². The molecule has 0 aliphatic heterocycles. The monoisotopic (exact) mass is 278 g/mol. The fraction of sp³-hybridized carbons (Fsp3) is 0.167. The highest BCUT2D eigenvalue weighted by Crippen LogP contribution is 2.19. The van der Waals surface area contributed by atoms with Gasteiger partial charge in [0.2, 0.25) is 0 Å². The van der Waals surface area contributed by atoms with E-state index in [0.29, 0.717) is 5.56 Å². The Morgan fingerprint density at radius 1 is 1.10 bits per heavy atom. The molecule has 1 heterocycles. The molecular formula is C18H18N2O. The van der Waals surface area contributed by atoms with E-state index in [1.807, 2.05) is 37.4 Å². The van der Waals surface area contributed by atoms with Crippen LogP contribution in [0.4, 0.5) is 0 Å². The maximum absolute atomic E-state index is 12.5. The molecular weight excluding hydrogens is 260 g/mol. The Bertz CT molecular complexity index is 771. The van der Waals surface area contributed by atoms with E-state index in [1.54, 1.807) is 0 Å². The summed E-state index contributed by atoms with van der Waals surface area (Å²) in [4.78, 5) is 15.6. The molecule has 1 unspecified atom stereocenters. The molecule has 3 heteroatoms. The summed E-state index contributed by atoms with van der Waals surface area (Å²) in [6, 6.07) is 15.9. The number of carbonyl (C=O) groups is 1. The number of benzene rings is 2. The van der Waals surface area contributed by atoms with Crippen LogP contribution in [0.5, 0.6) is 0 Å². The summed E-state index contributed by atoms with van der Waals surface area (Å²) < 4.78 is 0. The van der Waals surface area contributed by atoms with E-state index in [9.17, 15) is 4.79 Å². The third kappa shape index (κ3) is 2.68. The zero-order valence-electron chi connectivity index (χ0n) is 12.2. The number of aromatic amines is 1. The van der Waals surface area contributed by atoms with Crippen molar-refractivity contribution in [2.45, 2.75) is 19.9 Å². The molecule has 0 fully saturated rings.